The lowest BCUT2D eigenvalue weighted by molar-refractivity contribution is -0.115. The Balaban J connectivity index is 3.36. The smallest absolute Gasteiger partial charge is 0.319 e. The summed E-state index contributed by atoms with van der Waals surface area (Å²) >= 11 is 6.41. The third-order valence-corrected chi connectivity index (χ3v) is 4.53. The van der Waals surface area contributed by atoms with E-state index in [0.717, 1.165) is 0 Å². The first-order chi connectivity index (χ1) is 10.3. The highest BCUT2D eigenvalue weighted by molar-refractivity contribution is 9.13. The SMILES string of the molecule is CCOc1cc(/C=C(/C#N)C(=O)NC(N)=O)c(Br)c(Br)c1O. The van der Waals surface area contributed by atoms with Crippen LogP contribution >= 0.6 is 31.9 Å². The number of carbonyl (C=O) groups is 2. The van der Waals surface area contributed by atoms with Crippen LogP contribution in [-0.4, -0.2) is 23.7 Å². The molecule has 1 aromatic rings. The second-order valence-corrected chi connectivity index (χ2v) is 5.45. The molecule has 0 radical (unpaired) electrons. The number of ether oxygens (including phenoxy) is 1. The standard InChI is InChI=1S/C13H11Br2N3O4/c1-2-22-8-4-6(9(14)10(15)11(8)19)3-7(5-16)12(20)18-13(17)21/h3-4,19H,2H2,1H3,(H3,17,18,20,21)/b7-3-. The average molecular weight is 433 g/mol. The topological polar surface area (TPSA) is 125 Å². The Labute approximate surface area is 143 Å². The summed E-state index contributed by atoms with van der Waals surface area (Å²) in [5, 5.41) is 20.7. The van der Waals surface area contributed by atoms with E-state index in [0.29, 0.717) is 21.1 Å². The number of hydrogen-bond donors (Lipinski definition) is 3. The molecule has 1 aromatic carbocycles. The van der Waals surface area contributed by atoms with Gasteiger partial charge in [-0.05, 0) is 56.5 Å². The first kappa shape index (κ1) is 18.0. The molecular formula is C13H11Br2N3O4. The summed E-state index contributed by atoms with van der Waals surface area (Å²) in [5.41, 5.74) is 4.90. The van der Waals surface area contributed by atoms with Crippen molar-refractivity contribution in [1.82, 2.24) is 5.32 Å². The lowest BCUT2D eigenvalue weighted by Gasteiger charge is -2.11. The predicted molar refractivity (Wildman–Crippen MR) is 86.0 cm³/mol. The van der Waals surface area contributed by atoms with Crippen molar-refractivity contribution >= 4 is 49.9 Å². The van der Waals surface area contributed by atoms with Crippen LogP contribution in [0.5, 0.6) is 11.5 Å². The Hall–Kier alpha value is -2.05. The highest BCUT2D eigenvalue weighted by atomic mass is 79.9. The molecule has 0 bridgehead atoms. The van der Waals surface area contributed by atoms with Crippen LogP contribution in [0.3, 0.4) is 0 Å². The number of phenols is 1. The van der Waals surface area contributed by atoms with Gasteiger partial charge in [-0.1, -0.05) is 0 Å². The third kappa shape index (κ3) is 4.22. The van der Waals surface area contributed by atoms with Crippen molar-refractivity contribution in [2.45, 2.75) is 6.92 Å². The monoisotopic (exact) mass is 431 g/mol. The van der Waals surface area contributed by atoms with Crippen LogP contribution in [0.1, 0.15) is 12.5 Å². The van der Waals surface area contributed by atoms with E-state index in [1.165, 1.54) is 12.1 Å². The van der Waals surface area contributed by atoms with Crippen LogP contribution in [0.2, 0.25) is 0 Å². The summed E-state index contributed by atoms with van der Waals surface area (Å²) < 4.78 is 5.98. The second kappa shape index (κ2) is 7.82. The normalized spacial score (nSPS) is 10.7. The van der Waals surface area contributed by atoms with Gasteiger partial charge in [-0.25, -0.2) is 4.79 Å². The van der Waals surface area contributed by atoms with Crippen molar-refractivity contribution in [2.75, 3.05) is 6.61 Å². The van der Waals surface area contributed by atoms with E-state index in [1.54, 1.807) is 18.3 Å². The number of benzene rings is 1. The van der Waals surface area contributed by atoms with Crippen molar-refractivity contribution in [1.29, 1.82) is 5.26 Å². The molecule has 0 aliphatic heterocycles. The number of rotatable bonds is 4. The number of imide groups is 1. The molecule has 0 aromatic heterocycles. The largest absolute Gasteiger partial charge is 0.503 e. The first-order valence-corrected chi connectivity index (χ1v) is 7.46. The highest BCUT2D eigenvalue weighted by Gasteiger charge is 2.17. The van der Waals surface area contributed by atoms with E-state index in [-0.39, 0.29) is 17.1 Å². The van der Waals surface area contributed by atoms with E-state index in [2.05, 4.69) is 31.9 Å². The number of carbonyl (C=O) groups excluding carboxylic acids is 2. The molecule has 3 amide bonds. The van der Waals surface area contributed by atoms with E-state index in [9.17, 15) is 14.7 Å². The van der Waals surface area contributed by atoms with Gasteiger partial charge in [0.1, 0.15) is 11.6 Å². The van der Waals surface area contributed by atoms with E-state index >= 15 is 0 Å². The van der Waals surface area contributed by atoms with Crippen LogP contribution in [0.15, 0.2) is 20.6 Å². The van der Waals surface area contributed by atoms with Gasteiger partial charge in [0.25, 0.3) is 5.91 Å². The number of nitriles is 1. The molecule has 7 nitrogen and oxygen atoms in total. The first-order valence-electron chi connectivity index (χ1n) is 5.88. The minimum atomic E-state index is -1.06. The molecule has 4 N–H and O–H groups in total. The fourth-order valence-corrected chi connectivity index (χ4v) is 2.31. The molecule has 1 rings (SSSR count). The predicted octanol–water partition coefficient (Wildman–Crippen LogP) is 2.42. The molecule has 0 atom stereocenters. The quantitative estimate of drug-likeness (QED) is 0.497. The Kier molecular flexibility index (Phi) is 6.39. The molecule has 0 saturated carbocycles. The zero-order chi connectivity index (χ0) is 16.9. The molecule has 116 valence electrons. The van der Waals surface area contributed by atoms with Gasteiger partial charge in [0, 0.05) is 4.47 Å². The van der Waals surface area contributed by atoms with Crippen LogP contribution in [0, 0.1) is 11.3 Å². The van der Waals surface area contributed by atoms with E-state index in [1.807, 2.05) is 0 Å². The number of nitrogens with two attached hydrogens (primary N) is 1. The van der Waals surface area contributed by atoms with Crippen LogP contribution in [-0.2, 0) is 4.79 Å². The summed E-state index contributed by atoms with van der Waals surface area (Å²) in [4.78, 5) is 22.3. The third-order valence-electron chi connectivity index (χ3n) is 2.38. The maximum Gasteiger partial charge on any atom is 0.319 e. The lowest BCUT2D eigenvalue weighted by Crippen LogP contribution is -2.35. The molecule has 0 unspecified atom stereocenters. The van der Waals surface area contributed by atoms with Crippen LogP contribution in [0.4, 0.5) is 4.79 Å². The minimum absolute atomic E-state index is 0.119. The molecule has 0 saturated heterocycles. The summed E-state index contributed by atoms with van der Waals surface area (Å²) in [6.07, 6.45) is 1.23. The number of nitrogens with one attached hydrogen (secondary N) is 1. The number of phenolic OH excluding ortho intramolecular Hbond substituents is 1. The average Bonchev–Trinajstić information content (AvgIpc) is 2.46. The van der Waals surface area contributed by atoms with E-state index < -0.39 is 11.9 Å². The van der Waals surface area contributed by atoms with Gasteiger partial charge in [-0.3, -0.25) is 10.1 Å². The molecular weight excluding hydrogens is 422 g/mol. The van der Waals surface area contributed by atoms with E-state index in [4.69, 9.17) is 15.7 Å². The maximum atomic E-state index is 11.7. The Morgan fingerprint density at radius 3 is 2.64 bits per heavy atom. The second-order valence-electron chi connectivity index (χ2n) is 3.86. The molecule has 0 fully saturated rings. The van der Waals surface area contributed by atoms with Crippen LogP contribution in [0.25, 0.3) is 6.08 Å². The van der Waals surface area contributed by atoms with Crippen molar-refractivity contribution in [3.8, 4) is 17.6 Å². The van der Waals surface area contributed by atoms with Gasteiger partial charge >= 0.3 is 6.03 Å². The molecule has 0 spiro atoms. The number of aromatic hydroxyl groups is 1. The highest BCUT2D eigenvalue weighted by Crippen LogP contribution is 2.42. The number of urea groups is 1. The summed E-state index contributed by atoms with van der Waals surface area (Å²) in [7, 11) is 0. The summed E-state index contributed by atoms with van der Waals surface area (Å²) in [6.45, 7) is 2.06. The van der Waals surface area contributed by atoms with Gasteiger partial charge in [0.2, 0.25) is 0 Å². The number of primary amides is 1. The van der Waals surface area contributed by atoms with Gasteiger partial charge in [0.15, 0.2) is 11.5 Å². The molecule has 0 heterocycles. The lowest BCUT2D eigenvalue weighted by atomic mass is 10.1. The number of amides is 3. The van der Waals surface area contributed by atoms with Crippen molar-refractivity contribution in [2.24, 2.45) is 5.73 Å². The molecule has 0 aliphatic rings. The zero-order valence-electron chi connectivity index (χ0n) is 11.3. The Morgan fingerprint density at radius 2 is 2.14 bits per heavy atom. The van der Waals surface area contributed by atoms with Gasteiger partial charge in [-0.15, -0.1) is 0 Å². The Bertz CT molecular complexity index is 696. The van der Waals surface area contributed by atoms with Crippen LogP contribution < -0.4 is 15.8 Å². The maximum absolute atomic E-state index is 11.7. The molecule has 22 heavy (non-hydrogen) atoms. The fraction of sp³-hybridized carbons (Fsp3) is 0.154. The van der Waals surface area contributed by atoms with Gasteiger partial charge < -0.3 is 15.6 Å². The fourth-order valence-electron chi connectivity index (χ4n) is 1.47. The zero-order valence-corrected chi connectivity index (χ0v) is 14.5. The summed E-state index contributed by atoms with van der Waals surface area (Å²) in [5.74, 6) is -0.869. The number of hydrogen-bond acceptors (Lipinski definition) is 5. The molecule has 0 aliphatic carbocycles. The van der Waals surface area contributed by atoms with Gasteiger partial charge in [-0.2, -0.15) is 5.26 Å². The van der Waals surface area contributed by atoms with Gasteiger partial charge in [0.05, 0.1) is 11.1 Å². The number of halogens is 2. The minimum Gasteiger partial charge on any atom is -0.503 e. The molecule has 9 heteroatoms. The summed E-state index contributed by atoms with van der Waals surface area (Å²) in [6, 6.07) is 2.05. The van der Waals surface area contributed by atoms with Crippen molar-refractivity contribution in [3.05, 3.63) is 26.1 Å². The van der Waals surface area contributed by atoms with Crippen molar-refractivity contribution < 1.29 is 19.4 Å². The Morgan fingerprint density at radius 1 is 1.50 bits per heavy atom. The number of nitrogens with zero attached hydrogens (tertiary/aromatic N) is 1. The van der Waals surface area contributed by atoms with Crippen molar-refractivity contribution in [3.63, 3.8) is 0 Å².